The minimum atomic E-state index is -0.252. The van der Waals surface area contributed by atoms with E-state index in [1.165, 1.54) is 0 Å². The van der Waals surface area contributed by atoms with Crippen LogP contribution in [0.1, 0.15) is 42.7 Å². The molecule has 0 aliphatic heterocycles. The molecule has 0 aliphatic carbocycles. The fraction of sp³-hybridized carbons (Fsp3) is 0.292. The second-order valence-electron chi connectivity index (χ2n) is 8.15. The van der Waals surface area contributed by atoms with Gasteiger partial charge >= 0.3 is 0 Å². The second-order valence-corrected chi connectivity index (χ2v) is 8.95. The van der Waals surface area contributed by atoms with Crippen LogP contribution in [0.5, 0.6) is 5.88 Å². The van der Waals surface area contributed by atoms with E-state index in [0.29, 0.717) is 11.5 Å². The predicted molar refractivity (Wildman–Crippen MR) is 130 cm³/mol. The third-order valence-electron chi connectivity index (χ3n) is 5.18. The van der Waals surface area contributed by atoms with Crippen molar-refractivity contribution in [3.8, 4) is 22.8 Å². The molecule has 4 rings (SSSR count). The highest BCUT2D eigenvalue weighted by Gasteiger charge is 2.17. The van der Waals surface area contributed by atoms with E-state index in [2.05, 4.69) is 44.8 Å². The van der Waals surface area contributed by atoms with Gasteiger partial charge in [-0.3, -0.25) is 14.0 Å². The van der Waals surface area contributed by atoms with Crippen LogP contribution < -0.4 is 10.3 Å². The summed E-state index contributed by atoms with van der Waals surface area (Å²) in [7, 11) is 1.84. The molecule has 3 aromatic heterocycles. The number of hydrogen-bond acceptors (Lipinski definition) is 6. The van der Waals surface area contributed by atoms with Crippen molar-refractivity contribution in [2.24, 2.45) is 7.05 Å². The zero-order chi connectivity index (χ0) is 23.7. The van der Waals surface area contributed by atoms with Crippen LogP contribution in [0, 0.1) is 13.8 Å². The Morgan fingerprint density at radius 2 is 1.94 bits per heavy atom. The van der Waals surface area contributed by atoms with E-state index >= 15 is 0 Å². The first-order chi connectivity index (χ1) is 15.7. The molecule has 0 saturated heterocycles. The maximum atomic E-state index is 13.2. The van der Waals surface area contributed by atoms with E-state index < -0.39 is 0 Å². The van der Waals surface area contributed by atoms with Gasteiger partial charge in [0, 0.05) is 30.9 Å². The average Bonchev–Trinajstić information content (AvgIpc) is 3.21. The van der Waals surface area contributed by atoms with Gasteiger partial charge in [0.2, 0.25) is 5.88 Å². The average molecular weight is 509 g/mol. The zero-order valence-corrected chi connectivity index (χ0v) is 20.8. The van der Waals surface area contributed by atoms with Gasteiger partial charge in [0.05, 0.1) is 17.1 Å². The molecular weight excluding hydrogens is 484 g/mol. The van der Waals surface area contributed by atoms with Crippen LogP contribution in [0.4, 0.5) is 0 Å². The monoisotopic (exact) mass is 508 g/mol. The highest BCUT2D eigenvalue weighted by molar-refractivity contribution is 9.10. The Kier molecular flexibility index (Phi) is 6.42. The molecule has 33 heavy (non-hydrogen) atoms. The fourth-order valence-corrected chi connectivity index (χ4v) is 3.86. The second kappa shape index (κ2) is 9.27. The van der Waals surface area contributed by atoms with Gasteiger partial charge in [0.1, 0.15) is 22.7 Å². The third-order valence-corrected chi connectivity index (χ3v) is 5.85. The number of aromatic nitrogens is 6. The molecule has 0 saturated carbocycles. The molecule has 0 amide bonds. The fourth-order valence-electron chi connectivity index (χ4n) is 3.48. The largest absolute Gasteiger partial charge is 0.470 e. The van der Waals surface area contributed by atoms with Gasteiger partial charge in [0.15, 0.2) is 0 Å². The van der Waals surface area contributed by atoms with Crippen molar-refractivity contribution in [2.45, 2.75) is 40.2 Å². The molecule has 170 valence electrons. The van der Waals surface area contributed by atoms with Crippen LogP contribution in [0.15, 0.2) is 52.0 Å². The minimum absolute atomic E-state index is 0.218. The number of halogens is 1. The van der Waals surface area contributed by atoms with E-state index in [1.54, 1.807) is 16.2 Å². The Bertz CT molecular complexity index is 1380. The Morgan fingerprint density at radius 3 is 2.64 bits per heavy atom. The summed E-state index contributed by atoms with van der Waals surface area (Å²) >= 11 is 3.37. The molecule has 0 N–H and O–H groups in total. The molecule has 1 aromatic carbocycles. The lowest BCUT2D eigenvalue weighted by Crippen LogP contribution is -2.24. The Balaban J connectivity index is 1.71. The van der Waals surface area contributed by atoms with Crippen LogP contribution in [0.3, 0.4) is 0 Å². The normalized spacial score (nSPS) is 11.2. The van der Waals surface area contributed by atoms with Crippen molar-refractivity contribution in [1.29, 1.82) is 0 Å². The van der Waals surface area contributed by atoms with E-state index in [1.807, 2.05) is 56.7 Å². The molecule has 3 heterocycles. The van der Waals surface area contributed by atoms with E-state index in [9.17, 15) is 4.79 Å². The predicted octanol–water partition coefficient (Wildman–Crippen LogP) is 4.50. The Hall–Kier alpha value is -3.33. The quantitative estimate of drug-likeness (QED) is 0.380. The molecule has 0 radical (unpaired) electrons. The standard InChI is InChI=1S/C24H25BrN6O2/c1-14(2)22-26-12-15(3)21(28-22)17-7-6-8-19(11-17)31-16(4)27-23(20(25)24(31)32)33-13-18-9-10-30(5)29-18/h6-12,14H,13H2,1-5H3. The van der Waals surface area contributed by atoms with Crippen LogP contribution in [0.25, 0.3) is 16.9 Å². The summed E-state index contributed by atoms with van der Waals surface area (Å²) in [4.78, 5) is 26.9. The van der Waals surface area contributed by atoms with Crippen molar-refractivity contribution in [3.63, 3.8) is 0 Å². The first kappa shape index (κ1) is 22.8. The molecule has 0 spiro atoms. The molecule has 9 heteroatoms. The summed E-state index contributed by atoms with van der Waals surface area (Å²) in [5, 5.41) is 4.28. The summed E-state index contributed by atoms with van der Waals surface area (Å²) in [5.74, 6) is 1.76. The third kappa shape index (κ3) is 4.73. The molecule has 4 aromatic rings. The lowest BCUT2D eigenvalue weighted by Gasteiger charge is -2.15. The number of hydrogen-bond donors (Lipinski definition) is 0. The van der Waals surface area contributed by atoms with Gasteiger partial charge in [-0.25, -0.2) is 9.97 Å². The van der Waals surface area contributed by atoms with Gasteiger partial charge < -0.3 is 4.74 Å². The van der Waals surface area contributed by atoms with Gasteiger partial charge in [-0.05, 0) is 53.5 Å². The van der Waals surface area contributed by atoms with Crippen molar-refractivity contribution in [3.05, 3.63) is 80.5 Å². The maximum absolute atomic E-state index is 13.2. The summed E-state index contributed by atoms with van der Waals surface area (Å²) in [6.45, 7) is 8.11. The summed E-state index contributed by atoms with van der Waals surface area (Å²) in [5.41, 5.74) is 3.93. The SMILES string of the molecule is Cc1cnc(C(C)C)nc1-c1cccc(-n2c(C)nc(OCc3ccn(C)n3)c(Br)c2=O)c1. The van der Waals surface area contributed by atoms with Crippen LogP contribution in [0.2, 0.25) is 0 Å². The van der Waals surface area contributed by atoms with Crippen LogP contribution in [-0.4, -0.2) is 29.3 Å². The van der Waals surface area contributed by atoms with Crippen molar-refractivity contribution in [2.75, 3.05) is 0 Å². The summed E-state index contributed by atoms with van der Waals surface area (Å²) in [6, 6.07) is 9.56. The molecule has 0 atom stereocenters. The molecular formula is C24H25BrN6O2. The highest BCUT2D eigenvalue weighted by atomic mass is 79.9. The number of aryl methyl sites for hydroxylation is 3. The molecule has 0 fully saturated rings. The van der Waals surface area contributed by atoms with Gasteiger partial charge in [-0.2, -0.15) is 10.1 Å². The zero-order valence-electron chi connectivity index (χ0n) is 19.2. The topological polar surface area (TPSA) is 87.7 Å². The number of rotatable bonds is 6. The first-order valence-corrected chi connectivity index (χ1v) is 11.4. The first-order valence-electron chi connectivity index (χ1n) is 10.6. The molecule has 0 aliphatic rings. The molecule has 0 unspecified atom stereocenters. The van der Waals surface area contributed by atoms with E-state index in [0.717, 1.165) is 28.3 Å². The van der Waals surface area contributed by atoms with Gasteiger partial charge in [-0.1, -0.05) is 26.0 Å². The highest BCUT2D eigenvalue weighted by Crippen LogP contribution is 2.26. The number of benzene rings is 1. The smallest absolute Gasteiger partial charge is 0.276 e. The van der Waals surface area contributed by atoms with Gasteiger partial charge in [0.25, 0.3) is 5.56 Å². The Labute approximate surface area is 200 Å². The van der Waals surface area contributed by atoms with Gasteiger partial charge in [-0.15, -0.1) is 0 Å². The van der Waals surface area contributed by atoms with Crippen LogP contribution in [-0.2, 0) is 13.7 Å². The van der Waals surface area contributed by atoms with E-state index in [-0.39, 0.29) is 28.4 Å². The summed E-state index contributed by atoms with van der Waals surface area (Å²) in [6.07, 6.45) is 3.68. The van der Waals surface area contributed by atoms with Crippen molar-refractivity contribution < 1.29 is 4.74 Å². The lowest BCUT2D eigenvalue weighted by atomic mass is 10.1. The minimum Gasteiger partial charge on any atom is -0.470 e. The molecule has 8 nitrogen and oxygen atoms in total. The van der Waals surface area contributed by atoms with E-state index in [4.69, 9.17) is 9.72 Å². The lowest BCUT2D eigenvalue weighted by molar-refractivity contribution is 0.283. The number of nitrogens with zero attached hydrogens (tertiary/aromatic N) is 6. The number of ether oxygens (including phenoxy) is 1. The van der Waals surface area contributed by atoms with Crippen LogP contribution >= 0.6 is 15.9 Å². The maximum Gasteiger partial charge on any atom is 0.276 e. The Morgan fingerprint density at radius 1 is 1.15 bits per heavy atom. The summed E-state index contributed by atoms with van der Waals surface area (Å²) < 4.78 is 9.28. The van der Waals surface area contributed by atoms with Crippen molar-refractivity contribution in [1.82, 2.24) is 29.3 Å². The molecule has 0 bridgehead atoms. The van der Waals surface area contributed by atoms with Crippen molar-refractivity contribution >= 4 is 15.9 Å².